The highest BCUT2D eigenvalue weighted by atomic mass is 14.2. The molecule has 0 unspecified atom stereocenters. The summed E-state index contributed by atoms with van der Waals surface area (Å²) < 4.78 is 0. The van der Waals surface area contributed by atoms with Crippen molar-refractivity contribution < 1.29 is 0 Å². The van der Waals surface area contributed by atoms with Gasteiger partial charge in [0.2, 0.25) is 0 Å². The fraction of sp³-hybridized carbons (Fsp3) is 0. The van der Waals surface area contributed by atoms with Crippen LogP contribution in [0.2, 0.25) is 0 Å². The molecule has 0 aliphatic carbocycles. The van der Waals surface area contributed by atoms with E-state index in [0.717, 1.165) is 0 Å². The minimum atomic E-state index is 1.32. The van der Waals surface area contributed by atoms with Crippen molar-refractivity contribution in [3.8, 4) is 0 Å². The average Bonchev–Trinajstić information content (AvgIpc) is 2.81. The fourth-order valence-corrected chi connectivity index (χ4v) is 5.97. The summed E-state index contributed by atoms with van der Waals surface area (Å²) in [5.74, 6) is 0. The zero-order valence-corrected chi connectivity index (χ0v) is 16.2. The van der Waals surface area contributed by atoms with E-state index in [1.807, 2.05) is 0 Å². The number of rotatable bonds is 0. The average molecular weight is 376 g/mol. The Morgan fingerprint density at radius 2 is 0.767 bits per heavy atom. The van der Waals surface area contributed by atoms with Crippen LogP contribution in [0.1, 0.15) is 0 Å². The van der Waals surface area contributed by atoms with Gasteiger partial charge >= 0.3 is 0 Å². The second kappa shape index (κ2) is 4.98. The van der Waals surface area contributed by atoms with E-state index < -0.39 is 0 Å². The van der Waals surface area contributed by atoms with Gasteiger partial charge in [0, 0.05) is 0 Å². The fourth-order valence-electron chi connectivity index (χ4n) is 5.97. The van der Waals surface area contributed by atoms with Crippen molar-refractivity contribution in [2.24, 2.45) is 0 Å². The summed E-state index contributed by atoms with van der Waals surface area (Å²) in [7, 11) is 0. The standard InChI is InChI=1S/C30H16/c1-2-10-20-19(9-1)21-11-5-8-18-16-26-23-13-4-7-17-6-3-12-22(27(17)23)25-15-14-24(20)30(28(18)21)29(25)26/h1-16H. The Bertz CT molecular complexity index is 1930. The third-order valence-corrected chi connectivity index (χ3v) is 7.11. The molecule has 0 saturated heterocycles. The first kappa shape index (κ1) is 15.0. The van der Waals surface area contributed by atoms with Crippen molar-refractivity contribution in [1.82, 2.24) is 0 Å². The molecule has 0 aliphatic heterocycles. The van der Waals surface area contributed by atoms with Crippen LogP contribution < -0.4 is 0 Å². The predicted molar refractivity (Wildman–Crippen MR) is 131 cm³/mol. The molecular formula is C30H16. The molecule has 0 bridgehead atoms. The summed E-state index contributed by atoms with van der Waals surface area (Å²) in [4.78, 5) is 0. The van der Waals surface area contributed by atoms with Crippen LogP contribution in [0.25, 0.3) is 75.4 Å². The Hall–Kier alpha value is -3.90. The molecule has 0 N–H and O–H groups in total. The van der Waals surface area contributed by atoms with Gasteiger partial charge in [0.1, 0.15) is 0 Å². The Balaban J connectivity index is 1.85. The molecule has 0 nitrogen and oxygen atoms in total. The molecule has 30 heavy (non-hydrogen) atoms. The molecule has 8 aromatic rings. The molecule has 0 aliphatic rings. The highest BCUT2D eigenvalue weighted by molar-refractivity contribution is 6.43. The van der Waals surface area contributed by atoms with Gasteiger partial charge in [0.25, 0.3) is 0 Å². The molecule has 0 heteroatoms. The van der Waals surface area contributed by atoms with E-state index in [1.165, 1.54) is 75.4 Å². The maximum atomic E-state index is 2.42. The molecular weight excluding hydrogens is 360 g/mol. The first-order valence-electron chi connectivity index (χ1n) is 10.5. The topological polar surface area (TPSA) is 0 Å². The van der Waals surface area contributed by atoms with Crippen LogP contribution in [0.4, 0.5) is 0 Å². The lowest BCUT2D eigenvalue weighted by atomic mass is 9.83. The van der Waals surface area contributed by atoms with Gasteiger partial charge < -0.3 is 0 Å². The molecule has 0 atom stereocenters. The molecule has 0 radical (unpaired) electrons. The van der Waals surface area contributed by atoms with Crippen molar-refractivity contribution in [3.05, 3.63) is 97.1 Å². The largest absolute Gasteiger partial charge is 0.0616 e. The molecule has 0 saturated carbocycles. The van der Waals surface area contributed by atoms with Crippen LogP contribution >= 0.6 is 0 Å². The molecule has 8 rings (SSSR count). The zero-order valence-electron chi connectivity index (χ0n) is 16.2. The van der Waals surface area contributed by atoms with E-state index >= 15 is 0 Å². The minimum absolute atomic E-state index is 1.32. The molecule has 8 aromatic carbocycles. The van der Waals surface area contributed by atoms with E-state index in [9.17, 15) is 0 Å². The summed E-state index contributed by atoms with van der Waals surface area (Å²) in [6, 6.07) is 36.2. The first-order valence-corrected chi connectivity index (χ1v) is 10.5. The molecule has 0 spiro atoms. The lowest BCUT2D eigenvalue weighted by molar-refractivity contribution is 1.79. The van der Waals surface area contributed by atoms with Gasteiger partial charge in [-0.2, -0.15) is 0 Å². The third kappa shape index (κ3) is 1.58. The first-order chi connectivity index (χ1) is 14.9. The summed E-state index contributed by atoms with van der Waals surface area (Å²) in [6.07, 6.45) is 0. The second-order valence-electron chi connectivity index (χ2n) is 8.49. The second-order valence-corrected chi connectivity index (χ2v) is 8.49. The predicted octanol–water partition coefficient (Wildman–Crippen LogP) is 8.63. The Kier molecular flexibility index (Phi) is 2.49. The maximum absolute atomic E-state index is 2.42. The van der Waals surface area contributed by atoms with E-state index in [-0.39, 0.29) is 0 Å². The minimum Gasteiger partial charge on any atom is -0.0616 e. The number of fused-ring (bicyclic) bond motifs is 5. The van der Waals surface area contributed by atoms with Crippen LogP contribution in [0.5, 0.6) is 0 Å². The summed E-state index contributed by atoms with van der Waals surface area (Å²) in [5, 5.41) is 19.1. The molecule has 136 valence electrons. The van der Waals surface area contributed by atoms with Crippen molar-refractivity contribution in [2.45, 2.75) is 0 Å². The summed E-state index contributed by atoms with van der Waals surface area (Å²) in [5.41, 5.74) is 0. The van der Waals surface area contributed by atoms with Crippen LogP contribution in [-0.2, 0) is 0 Å². The van der Waals surface area contributed by atoms with Crippen molar-refractivity contribution in [2.75, 3.05) is 0 Å². The molecule has 0 fully saturated rings. The van der Waals surface area contributed by atoms with Crippen molar-refractivity contribution >= 4 is 75.4 Å². The monoisotopic (exact) mass is 376 g/mol. The molecule has 0 aromatic heterocycles. The number of hydrogen-bond donors (Lipinski definition) is 0. The highest BCUT2D eigenvalue weighted by Crippen LogP contribution is 2.47. The van der Waals surface area contributed by atoms with Gasteiger partial charge in [-0.05, 0) is 81.5 Å². The summed E-state index contributed by atoms with van der Waals surface area (Å²) in [6.45, 7) is 0. The van der Waals surface area contributed by atoms with Crippen molar-refractivity contribution in [1.29, 1.82) is 0 Å². The smallest absolute Gasteiger partial charge is 0.000785 e. The van der Waals surface area contributed by atoms with Crippen LogP contribution in [0.3, 0.4) is 0 Å². The summed E-state index contributed by atoms with van der Waals surface area (Å²) >= 11 is 0. The van der Waals surface area contributed by atoms with Gasteiger partial charge in [-0.3, -0.25) is 0 Å². The van der Waals surface area contributed by atoms with E-state index in [2.05, 4.69) is 97.1 Å². The third-order valence-electron chi connectivity index (χ3n) is 7.11. The Labute approximate surface area is 172 Å². The molecule has 0 amide bonds. The Morgan fingerprint density at radius 3 is 1.47 bits per heavy atom. The van der Waals surface area contributed by atoms with E-state index in [1.54, 1.807) is 0 Å². The lowest BCUT2D eigenvalue weighted by Gasteiger charge is -2.20. The zero-order chi connectivity index (χ0) is 19.4. The van der Waals surface area contributed by atoms with Crippen LogP contribution in [0, 0.1) is 0 Å². The normalized spacial score (nSPS) is 12.7. The van der Waals surface area contributed by atoms with Crippen LogP contribution in [-0.4, -0.2) is 0 Å². The van der Waals surface area contributed by atoms with Gasteiger partial charge in [-0.15, -0.1) is 0 Å². The van der Waals surface area contributed by atoms with E-state index in [0.29, 0.717) is 0 Å². The quantitative estimate of drug-likeness (QED) is 0.183. The van der Waals surface area contributed by atoms with Gasteiger partial charge in [0.15, 0.2) is 0 Å². The highest BCUT2D eigenvalue weighted by Gasteiger charge is 2.19. The van der Waals surface area contributed by atoms with Crippen molar-refractivity contribution in [3.63, 3.8) is 0 Å². The lowest BCUT2D eigenvalue weighted by Crippen LogP contribution is -1.91. The van der Waals surface area contributed by atoms with Crippen LogP contribution in [0.15, 0.2) is 97.1 Å². The number of benzene rings is 8. The van der Waals surface area contributed by atoms with E-state index in [4.69, 9.17) is 0 Å². The maximum Gasteiger partial charge on any atom is -0.000785 e. The molecule has 0 heterocycles. The van der Waals surface area contributed by atoms with Gasteiger partial charge in [-0.1, -0.05) is 91.0 Å². The SMILES string of the molecule is c1ccc2c(c1)c1cccc3cc4c5cccc6cccc(c7ccc2c(c31)c74)c65. The van der Waals surface area contributed by atoms with Gasteiger partial charge in [0.05, 0.1) is 0 Å². The number of hydrogen-bond acceptors (Lipinski definition) is 0. The Morgan fingerprint density at radius 1 is 0.267 bits per heavy atom. The van der Waals surface area contributed by atoms with Gasteiger partial charge in [-0.25, -0.2) is 0 Å².